The second-order valence-electron chi connectivity index (χ2n) is 3.70. The normalized spacial score (nSPS) is 22.8. The Kier molecular flexibility index (Phi) is 1.77. The summed E-state index contributed by atoms with van der Waals surface area (Å²) >= 11 is 1.74. The van der Waals surface area contributed by atoms with Gasteiger partial charge in [-0.2, -0.15) is 0 Å². The first-order valence-electron chi connectivity index (χ1n) is 4.74. The molecule has 2 aliphatic rings. The predicted molar refractivity (Wildman–Crippen MR) is 51.4 cm³/mol. The molecule has 0 atom stereocenters. The molecule has 4 heteroatoms. The molecule has 3 nitrogen and oxygen atoms in total. The van der Waals surface area contributed by atoms with Crippen molar-refractivity contribution in [1.29, 1.82) is 0 Å². The summed E-state index contributed by atoms with van der Waals surface area (Å²) in [5.74, 6) is 1.58. The van der Waals surface area contributed by atoms with Gasteiger partial charge in [0.15, 0.2) is 0 Å². The van der Waals surface area contributed by atoms with Gasteiger partial charge in [-0.25, -0.2) is 4.98 Å². The van der Waals surface area contributed by atoms with Crippen molar-refractivity contribution in [2.75, 3.05) is 13.1 Å². The second-order valence-corrected chi connectivity index (χ2v) is 4.59. The van der Waals surface area contributed by atoms with Crippen LogP contribution >= 0.6 is 11.3 Å². The van der Waals surface area contributed by atoms with Gasteiger partial charge in [0.1, 0.15) is 6.10 Å². The maximum Gasteiger partial charge on any atom is 0.224 e. The van der Waals surface area contributed by atoms with Crippen LogP contribution < -0.4 is 10.1 Å². The zero-order valence-corrected chi connectivity index (χ0v) is 8.14. The zero-order chi connectivity index (χ0) is 8.67. The Morgan fingerprint density at radius 1 is 1.46 bits per heavy atom. The van der Waals surface area contributed by atoms with E-state index in [1.165, 1.54) is 17.8 Å². The molecule has 0 unspecified atom stereocenters. The molecule has 1 N–H and O–H groups in total. The fraction of sp³-hybridized carbons (Fsp3) is 0.667. The Balaban J connectivity index is 1.66. The fourth-order valence-corrected chi connectivity index (χ4v) is 2.26. The van der Waals surface area contributed by atoms with Gasteiger partial charge >= 0.3 is 0 Å². The lowest BCUT2D eigenvalue weighted by molar-refractivity contribution is 0.137. The second kappa shape index (κ2) is 2.96. The first-order valence-corrected chi connectivity index (χ1v) is 5.62. The Morgan fingerprint density at radius 3 is 2.92 bits per heavy atom. The lowest BCUT2D eigenvalue weighted by Gasteiger charge is -2.26. The largest absolute Gasteiger partial charge is 0.471 e. The molecule has 0 spiro atoms. The average molecular weight is 196 g/mol. The number of rotatable bonds is 3. The Hall–Kier alpha value is -0.610. The molecule has 1 aromatic rings. The molecule has 0 radical (unpaired) electrons. The number of aromatic nitrogens is 1. The van der Waals surface area contributed by atoms with Crippen molar-refractivity contribution < 1.29 is 4.74 Å². The van der Waals surface area contributed by atoms with Gasteiger partial charge in [-0.1, -0.05) is 0 Å². The lowest BCUT2D eigenvalue weighted by atomic mass is 10.2. The van der Waals surface area contributed by atoms with Crippen LogP contribution in [0.4, 0.5) is 0 Å². The summed E-state index contributed by atoms with van der Waals surface area (Å²) in [7, 11) is 0. The summed E-state index contributed by atoms with van der Waals surface area (Å²) in [6.07, 6.45) is 2.99. The topological polar surface area (TPSA) is 34.1 Å². The predicted octanol–water partition coefficient (Wildman–Crippen LogP) is 1.37. The van der Waals surface area contributed by atoms with Gasteiger partial charge in [-0.05, 0) is 12.8 Å². The van der Waals surface area contributed by atoms with Crippen molar-refractivity contribution in [1.82, 2.24) is 10.3 Å². The van der Waals surface area contributed by atoms with Crippen LogP contribution in [0.5, 0.6) is 5.88 Å². The van der Waals surface area contributed by atoms with E-state index in [0.29, 0.717) is 6.10 Å². The molecule has 1 saturated heterocycles. The van der Waals surface area contributed by atoms with Crippen LogP contribution in [0.15, 0.2) is 5.38 Å². The van der Waals surface area contributed by atoms with Gasteiger partial charge in [0.25, 0.3) is 0 Å². The summed E-state index contributed by atoms with van der Waals surface area (Å²) in [6, 6.07) is 0. The highest BCUT2D eigenvalue weighted by Crippen LogP contribution is 2.42. The Bertz CT molecular complexity index is 304. The maximum absolute atomic E-state index is 5.65. The van der Waals surface area contributed by atoms with Gasteiger partial charge < -0.3 is 10.1 Å². The molecule has 70 valence electrons. The zero-order valence-electron chi connectivity index (χ0n) is 7.32. The molecule has 2 heterocycles. The smallest absolute Gasteiger partial charge is 0.224 e. The third kappa shape index (κ3) is 1.56. The molecule has 1 aromatic heterocycles. The highest BCUT2D eigenvalue weighted by atomic mass is 32.1. The van der Waals surface area contributed by atoms with Crippen LogP contribution in [0, 0.1) is 0 Å². The number of ether oxygens (including phenoxy) is 1. The molecular weight excluding hydrogens is 184 g/mol. The molecule has 0 bridgehead atoms. The highest BCUT2D eigenvalue weighted by molar-refractivity contribution is 7.09. The highest BCUT2D eigenvalue weighted by Gasteiger charge is 2.27. The minimum atomic E-state index is 0.356. The van der Waals surface area contributed by atoms with E-state index >= 15 is 0 Å². The van der Waals surface area contributed by atoms with Crippen molar-refractivity contribution in [3.63, 3.8) is 0 Å². The van der Waals surface area contributed by atoms with E-state index in [2.05, 4.69) is 10.3 Å². The quantitative estimate of drug-likeness (QED) is 0.793. The summed E-state index contributed by atoms with van der Waals surface area (Å²) in [5.41, 5.74) is 0. The number of nitrogens with zero attached hydrogens (tertiary/aromatic N) is 1. The minimum Gasteiger partial charge on any atom is -0.471 e. The third-order valence-corrected chi connectivity index (χ3v) is 3.44. The molecule has 2 fully saturated rings. The molecular formula is C9H12N2OS. The van der Waals surface area contributed by atoms with E-state index in [4.69, 9.17) is 4.74 Å². The number of thiazole rings is 1. The minimum absolute atomic E-state index is 0.356. The van der Waals surface area contributed by atoms with E-state index in [1.807, 2.05) is 5.38 Å². The standard InChI is InChI=1S/C9H12N2OS/c1-2-6(1)9-11-8(5-13-9)12-7-3-10-4-7/h5-7,10H,1-4H2. The Labute approximate surface area is 81.1 Å². The van der Waals surface area contributed by atoms with Crippen molar-refractivity contribution in [3.8, 4) is 5.88 Å². The summed E-state index contributed by atoms with van der Waals surface area (Å²) in [6.45, 7) is 1.94. The molecule has 1 aliphatic carbocycles. The van der Waals surface area contributed by atoms with Crippen LogP contribution in [0.25, 0.3) is 0 Å². The molecule has 1 aliphatic heterocycles. The SMILES string of the molecule is c1sc(C2CC2)nc1OC1CNC1. The van der Waals surface area contributed by atoms with Crippen molar-refractivity contribution in [3.05, 3.63) is 10.4 Å². The number of hydrogen-bond acceptors (Lipinski definition) is 4. The van der Waals surface area contributed by atoms with Crippen LogP contribution in [-0.4, -0.2) is 24.2 Å². The summed E-state index contributed by atoms with van der Waals surface area (Å²) in [5, 5.41) is 6.47. The summed E-state index contributed by atoms with van der Waals surface area (Å²) in [4.78, 5) is 4.46. The van der Waals surface area contributed by atoms with E-state index in [9.17, 15) is 0 Å². The van der Waals surface area contributed by atoms with Gasteiger partial charge in [0.05, 0.1) is 10.4 Å². The van der Waals surface area contributed by atoms with Gasteiger partial charge in [-0.15, -0.1) is 11.3 Å². The molecule has 1 saturated carbocycles. The molecule has 3 rings (SSSR count). The van der Waals surface area contributed by atoms with Crippen LogP contribution in [0.2, 0.25) is 0 Å². The first-order chi connectivity index (χ1) is 6.42. The fourth-order valence-electron chi connectivity index (χ4n) is 1.36. The molecule has 0 amide bonds. The summed E-state index contributed by atoms with van der Waals surface area (Å²) < 4.78 is 5.65. The lowest BCUT2D eigenvalue weighted by Crippen LogP contribution is -2.50. The van der Waals surface area contributed by atoms with Gasteiger partial charge in [0, 0.05) is 19.0 Å². The van der Waals surface area contributed by atoms with E-state index in [0.717, 1.165) is 24.9 Å². The monoisotopic (exact) mass is 196 g/mol. The van der Waals surface area contributed by atoms with Crippen molar-refractivity contribution in [2.45, 2.75) is 24.9 Å². The van der Waals surface area contributed by atoms with Crippen molar-refractivity contribution >= 4 is 11.3 Å². The first kappa shape index (κ1) is 7.76. The third-order valence-electron chi connectivity index (χ3n) is 2.46. The van der Waals surface area contributed by atoms with E-state index < -0.39 is 0 Å². The molecule has 0 aromatic carbocycles. The van der Waals surface area contributed by atoms with Gasteiger partial charge in [-0.3, -0.25) is 0 Å². The van der Waals surface area contributed by atoms with Crippen molar-refractivity contribution in [2.24, 2.45) is 0 Å². The van der Waals surface area contributed by atoms with E-state index in [1.54, 1.807) is 11.3 Å². The number of nitrogens with one attached hydrogen (secondary N) is 1. The molecule has 13 heavy (non-hydrogen) atoms. The van der Waals surface area contributed by atoms with Gasteiger partial charge in [0.2, 0.25) is 5.88 Å². The number of hydrogen-bond donors (Lipinski definition) is 1. The van der Waals surface area contributed by atoms with Crippen LogP contribution in [-0.2, 0) is 0 Å². The average Bonchev–Trinajstić information content (AvgIpc) is 2.80. The maximum atomic E-state index is 5.65. The van der Waals surface area contributed by atoms with E-state index in [-0.39, 0.29) is 0 Å². The van der Waals surface area contributed by atoms with Crippen LogP contribution in [0.1, 0.15) is 23.8 Å². The van der Waals surface area contributed by atoms with Crippen LogP contribution in [0.3, 0.4) is 0 Å². The Morgan fingerprint density at radius 2 is 2.31 bits per heavy atom.